The minimum atomic E-state index is -3.84. The molecule has 0 N–H and O–H groups in total. The Morgan fingerprint density at radius 3 is 2.28 bits per heavy atom. The first-order valence-electron chi connectivity index (χ1n) is 4.49. The van der Waals surface area contributed by atoms with Crippen LogP contribution in [0.2, 0.25) is 0 Å². The lowest BCUT2D eigenvalue weighted by Crippen LogP contribution is -2.22. The predicted molar refractivity (Wildman–Crippen MR) is 75.9 cm³/mol. The van der Waals surface area contributed by atoms with E-state index in [2.05, 4.69) is 63.3 Å². The summed E-state index contributed by atoms with van der Waals surface area (Å²) in [5.41, 5.74) is 0.554. The molecule has 2 rings (SSSR count). The number of sulfone groups is 1. The fourth-order valence-electron chi connectivity index (χ4n) is 1.18. The molecular weight excluding hydrogens is 456 g/mol. The Labute approximate surface area is 128 Å². The highest BCUT2D eigenvalue weighted by molar-refractivity contribution is 9.42. The minimum Gasteiger partial charge on any atom is -0.217 e. The van der Waals surface area contributed by atoms with Crippen molar-refractivity contribution in [2.24, 2.45) is 0 Å². The molecule has 0 aliphatic carbocycles. The summed E-state index contributed by atoms with van der Waals surface area (Å²) in [7, 11) is -3.84. The third-order valence-electron chi connectivity index (χ3n) is 1.99. The highest BCUT2D eigenvalue weighted by atomic mass is 80.0. The van der Waals surface area contributed by atoms with Crippen molar-refractivity contribution in [1.29, 1.82) is 0 Å². The number of hydrogen-bond donors (Lipinski definition) is 0. The van der Waals surface area contributed by atoms with Gasteiger partial charge in [-0.1, -0.05) is 23.3 Å². The van der Waals surface area contributed by atoms with E-state index in [0.717, 1.165) is 4.68 Å². The quantitative estimate of drug-likeness (QED) is 0.642. The van der Waals surface area contributed by atoms with E-state index >= 15 is 0 Å². The van der Waals surface area contributed by atoms with Gasteiger partial charge in [0.2, 0.25) is 1.47 Å². The van der Waals surface area contributed by atoms with E-state index < -0.39 is 11.3 Å². The Morgan fingerprint density at radius 2 is 1.72 bits per heavy atom. The lowest BCUT2D eigenvalue weighted by atomic mass is 10.3. The maximum atomic E-state index is 12.2. The summed E-state index contributed by atoms with van der Waals surface area (Å²) < 4.78 is 24.0. The number of benzene rings is 1. The fraction of sp³-hybridized carbons (Fsp3) is 0.125. The summed E-state index contributed by atoms with van der Waals surface area (Å²) in [6.07, 6.45) is 0. The van der Waals surface area contributed by atoms with Crippen LogP contribution in [0.25, 0.3) is 5.69 Å². The molecular formula is C8H5Br3N4O2S. The summed E-state index contributed by atoms with van der Waals surface area (Å²) in [5.74, 6) is 0. The number of halogens is 3. The average Bonchev–Trinajstić information content (AvgIpc) is 2.78. The number of para-hydroxylation sites is 1. The second-order valence-electron chi connectivity index (χ2n) is 3.16. The molecule has 1 aromatic heterocycles. The van der Waals surface area contributed by atoms with Crippen LogP contribution in [-0.4, -0.2) is 30.1 Å². The molecule has 10 heteroatoms. The monoisotopic (exact) mass is 458 g/mol. The molecule has 0 radical (unpaired) electrons. The number of tetrazole rings is 1. The van der Waals surface area contributed by atoms with E-state index in [1.54, 1.807) is 24.3 Å². The van der Waals surface area contributed by atoms with Crippen molar-refractivity contribution in [2.75, 3.05) is 0 Å². The van der Waals surface area contributed by atoms with Crippen molar-refractivity contribution in [2.45, 2.75) is 6.63 Å². The summed E-state index contributed by atoms with van der Waals surface area (Å²) in [6, 6.07) is 8.74. The normalized spacial score (nSPS) is 12.6. The molecule has 0 aliphatic rings. The van der Waals surface area contributed by atoms with Crippen LogP contribution in [-0.2, 0) is 9.84 Å². The van der Waals surface area contributed by atoms with Crippen molar-refractivity contribution in [3.8, 4) is 5.69 Å². The highest BCUT2D eigenvalue weighted by Gasteiger charge is 2.42. The first kappa shape index (κ1) is 14.1. The average molecular weight is 461 g/mol. The van der Waals surface area contributed by atoms with Gasteiger partial charge in [0.05, 0.1) is 5.69 Å². The minimum absolute atomic E-state index is 0.278. The van der Waals surface area contributed by atoms with Crippen LogP contribution in [0.3, 0.4) is 0 Å². The van der Waals surface area contributed by atoms with Crippen molar-refractivity contribution in [3.05, 3.63) is 30.3 Å². The van der Waals surface area contributed by atoms with Gasteiger partial charge in [0.15, 0.2) is 0 Å². The van der Waals surface area contributed by atoms with E-state index in [1.165, 1.54) is 0 Å². The lowest BCUT2D eigenvalue weighted by molar-refractivity contribution is 0.583. The van der Waals surface area contributed by atoms with Crippen molar-refractivity contribution in [3.63, 3.8) is 0 Å². The third-order valence-corrected chi connectivity index (χ3v) is 7.17. The zero-order valence-electron chi connectivity index (χ0n) is 8.53. The first-order valence-corrected chi connectivity index (χ1v) is 8.35. The molecule has 0 amide bonds. The molecule has 0 bridgehead atoms. The largest absolute Gasteiger partial charge is 0.275 e. The molecule has 2 aromatic rings. The van der Waals surface area contributed by atoms with Crippen LogP contribution in [0.4, 0.5) is 0 Å². The Bertz CT molecular complexity index is 650. The number of nitrogens with zero attached hydrogens (tertiary/aromatic N) is 4. The van der Waals surface area contributed by atoms with Gasteiger partial charge in [-0.05, 0) is 70.3 Å². The standard InChI is InChI=1S/C8H5Br3N4O2S/c9-8(10,11)18(16,17)7-12-13-14-15(7)6-4-2-1-3-5-6/h1-5H. The highest BCUT2D eigenvalue weighted by Crippen LogP contribution is 2.42. The SMILES string of the molecule is O=S(=O)(c1nnnn1-c1ccccc1)C(Br)(Br)Br. The number of hydrogen-bond acceptors (Lipinski definition) is 5. The molecule has 0 aliphatic heterocycles. The molecule has 0 unspecified atom stereocenters. The van der Waals surface area contributed by atoms with Gasteiger partial charge in [0.25, 0.3) is 15.0 Å². The summed E-state index contributed by atoms with van der Waals surface area (Å²) in [6.45, 7) is 0. The molecule has 0 spiro atoms. The van der Waals surface area contributed by atoms with E-state index in [4.69, 9.17) is 0 Å². The van der Waals surface area contributed by atoms with Gasteiger partial charge in [-0.15, -0.1) is 0 Å². The second-order valence-corrected chi connectivity index (χ2v) is 13.5. The molecule has 0 fully saturated rings. The summed E-state index contributed by atoms with van der Waals surface area (Å²) in [4.78, 5) is 0. The van der Waals surface area contributed by atoms with Crippen molar-refractivity contribution in [1.82, 2.24) is 20.2 Å². The van der Waals surface area contributed by atoms with E-state index in [-0.39, 0.29) is 5.16 Å². The predicted octanol–water partition coefficient (Wildman–Crippen LogP) is 2.23. The smallest absolute Gasteiger partial charge is 0.217 e. The molecule has 0 saturated heterocycles. The van der Waals surface area contributed by atoms with Gasteiger partial charge < -0.3 is 0 Å². The summed E-state index contributed by atoms with van der Waals surface area (Å²) in [5, 5.41) is 10.4. The van der Waals surface area contributed by atoms with Crippen LogP contribution in [0, 0.1) is 0 Å². The van der Waals surface area contributed by atoms with Gasteiger partial charge in [0.1, 0.15) is 0 Å². The molecule has 6 nitrogen and oxygen atoms in total. The van der Waals surface area contributed by atoms with Gasteiger partial charge in [-0.25, -0.2) is 8.42 Å². The first-order chi connectivity index (χ1) is 8.34. The van der Waals surface area contributed by atoms with Crippen LogP contribution in [0.5, 0.6) is 0 Å². The maximum absolute atomic E-state index is 12.2. The molecule has 0 saturated carbocycles. The van der Waals surface area contributed by atoms with E-state index in [1.807, 2.05) is 6.07 Å². The van der Waals surface area contributed by atoms with Gasteiger partial charge >= 0.3 is 0 Å². The number of aromatic nitrogens is 4. The molecule has 1 heterocycles. The Hall–Kier alpha value is -0.320. The summed E-state index contributed by atoms with van der Waals surface area (Å²) >= 11 is 8.89. The van der Waals surface area contributed by atoms with Crippen LogP contribution >= 0.6 is 47.8 Å². The zero-order valence-corrected chi connectivity index (χ0v) is 14.1. The van der Waals surface area contributed by atoms with Crippen molar-refractivity contribution >= 4 is 57.6 Å². The molecule has 96 valence electrons. The third kappa shape index (κ3) is 2.51. The second kappa shape index (κ2) is 4.99. The lowest BCUT2D eigenvalue weighted by Gasteiger charge is -2.12. The van der Waals surface area contributed by atoms with Crippen LogP contribution < -0.4 is 0 Å². The zero-order chi connectivity index (χ0) is 13.4. The van der Waals surface area contributed by atoms with Crippen LogP contribution in [0.1, 0.15) is 0 Å². The van der Waals surface area contributed by atoms with Gasteiger partial charge in [-0.3, -0.25) is 0 Å². The topological polar surface area (TPSA) is 77.7 Å². The Kier molecular flexibility index (Phi) is 3.90. The molecule has 1 aromatic carbocycles. The number of alkyl halides is 3. The van der Waals surface area contributed by atoms with E-state index in [0.29, 0.717) is 5.69 Å². The fourth-order valence-corrected chi connectivity index (χ4v) is 3.20. The van der Waals surface area contributed by atoms with Gasteiger partial charge in [-0.2, -0.15) is 4.68 Å². The number of rotatable bonds is 2. The van der Waals surface area contributed by atoms with E-state index in [9.17, 15) is 8.42 Å². The van der Waals surface area contributed by atoms with Gasteiger partial charge in [0, 0.05) is 0 Å². The molecule has 0 atom stereocenters. The Morgan fingerprint density at radius 1 is 1.11 bits per heavy atom. The molecule has 18 heavy (non-hydrogen) atoms. The maximum Gasteiger partial charge on any atom is 0.275 e. The Balaban J connectivity index is 2.61. The van der Waals surface area contributed by atoms with Crippen molar-refractivity contribution < 1.29 is 8.42 Å². The van der Waals surface area contributed by atoms with Crippen LogP contribution in [0.15, 0.2) is 35.5 Å².